The molecule has 0 aromatic carbocycles. The minimum Gasteiger partial charge on any atom is -1.00 e. The fraction of sp³-hybridized carbons (Fsp3) is 0. The third kappa shape index (κ3) is 27.3. The van der Waals surface area contributed by atoms with E-state index in [1.165, 1.54) is 0 Å². The van der Waals surface area contributed by atoms with Gasteiger partial charge >= 0.3 is 17.1 Å². The fourth-order valence-corrected chi connectivity index (χ4v) is 0. The Morgan fingerprint density at radius 3 is 0.600 bits per heavy atom. The first kappa shape index (κ1) is 76.4. The second kappa shape index (κ2) is 44.1. The van der Waals surface area contributed by atoms with Gasteiger partial charge in [-0.05, 0) is 0 Å². The fourth-order valence-electron chi connectivity index (χ4n) is 0. The van der Waals surface area contributed by atoms with E-state index < -0.39 is 0 Å². The molecule has 0 spiro atoms. The Morgan fingerprint density at radius 2 is 0.600 bits per heavy atom. The van der Waals surface area contributed by atoms with Gasteiger partial charge in [0.25, 0.3) is 0 Å². The van der Waals surface area contributed by atoms with Gasteiger partial charge in [0, 0.05) is 0 Å². The van der Waals surface area contributed by atoms with E-state index in [0.29, 0.717) is 0 Å². The van der Waals surface area contributed by atoms with Gasteiger partial charge < -0.3 is 37.2 Å². The zero-order chi connectivity index (χ0) is 0. The van der Waals surface area contributed by atoms with Crippen molar-refractivity contribution in [2.45, 2.75) is 0 Å². The molecule has 0 saturated carbocycles. The SMILES string of the molecule is [Cl-].[Cl-].[Cl-].[ClH2+].[Mn+2]. The van der Waals surface area contributed by atoms with E-state index in [2.05, 4.69) is 0 Å². The molecule has 0 atom stereocenters. The first-order valence-electron chi connectivity index (χ1n) is 0. The molecule has 0 fully saturated rings. The van der Waals surface area contributed by atoms with E-state index in [1.807, 2.05) is 0 Å². The van der Waals surface area contributed by atoms with Crippen molar-refractivity contribution in [2.24, 2.45) is 0 Å². The summed E-state index contributed by atoms with van der Waals surface area (Å²) in [5, 5.41) is 0. The average Bonchev–Trinajstić information content (AvgIpc) is 0. The molecule has 0 N–H and O–H groups in total. The summed E-state index contributed by atoms with van der Waals surface area (Å²) in [6, 6.07) is 0. The van der Waals surface area contributed by atoms with Crippen LogP contribution in [-0.4, -0.2) is 0 Å². The Balaban J connectivity index is 0. The number of hydrogen-bond acceptors (Lipinski definition) is 0. The van der Waals surface area contributed by atoms with Gasteiger partial charge in [0.05, 0.1) is 12.4 Å². The summed E-state index contributed by atoms with van der Waals surface area (Å²) in [6.45, 7) is 0. The third-order valence-corrected chi connectivity index (χ3v) is 0. The Bertz CT molecular complexity index is 3.61. The molecule has 0 nitrogen and oxygen atoms in total. The van der Waals surface area contributed by atoms with Crippen LogP contribution >= 0.6 is 0 Å². The molecule has 0 amide bonds. The van der Waals surface area contributed by atoms with Crippen molar-refractivity contribution in [1.82, 2.24) is 0 Å². The Kier molecular flexibility index (Phi) is 674. The molecule has 0 saturated heterocycles. The number of hydrogen-bond donors (Lipinski definition) is 0. The van der Waals surface area contributed by atoms with Crippen LogP contribution in [-0.2, 0) is 17.1 Å². The summed E-state index contributed by atoms with van der Waals surface area (Å²) in [5.74, 6) is 0. The van der Waals surface area contributed by atoms with Crippen molar-refractivity contribution in [1.29, 1.82) is 0 Å². The first-order chi connectivity index (χ1) is 0. The maximum atomic E-state index is 0. The zero-order valence-corrected chi connectivity index (χ0v) is 6.30. The normalized spacial score (nSPS) is 0. The molecule has 0 rings (SSSR count). The van der Waals surface area contributed by atoms with Gasteiger partial charge in [0.1, 0.15) is 0 Å². The quantitative estimate of drug-likeness (QED) is 0.340. The van der Waals surface area contributed by atoms with Crippen LogP contribution in [0, 0.1) is 12.4 Å². The molecule has 0 aromatic heterocycles. The molecule has 5 heavy (non-hydrogen) atoms. The summed E-state index contributed by atoms with van der Waals surface area (Å²) in [6.07, 6.45) is 0. The molecule has 0 aliphatic carbocycles. The molecule has 0 aliphatic rings. The van der Waals surface area contributed by atoms with Gasteiger partial charge in [0.2, 0.25) is 0 Å². The Labute approximate surface area is 66.6 Å². The number of rotatable bonds is 0. The summed E-state index contributed by atoms with van der Waals surface area (Å²) >= 11 is 0. The van der Waals surface area contributed by atoms with Crippen LogP contribution in [0.4, 0.5) is 0 Å². The summed E-state index contributed by atoms with van der Waals surface area (Å²) < 4.78 is 0. The molecule has 37 valence electrons. The van der Waals surface area contributed by atoms with Gasteiger partial charge in [0.15, 0.2) is 0 Å². The molecule has 5 heteroatoms. The van der Waals surface area contributed by atoms with Gasteiger partial charge in [-0.3, -0.25) is 0 Å². The minimum absolute atomic E-state index is 0. The maximum absolute atomic E-state index is 0. The van der Waals surface area contributed by atoms with E-state index in [4.69, 9.17) is 0 Å². The van der Waals surface area contributed by atoms with E-state index in [-0.39, 0.29) is 66.7 Å². The van der Waals surface area contributed by atoms with Gasteiger partial charge in [-0.25, -0.2) is 0 Å². The van der Waals surface area contributed by atoms with Crippen molar-refractivity contribution < 1.29 is 66.7 Å². The molecular formula is H2Cl4Mn. The van der Waals surface area contributed by atoms with Crippen molar-refractivity contribution in [3.8, 4) is 0 Å². The van der Waals surface area contributed by atoms with Crippen LogP contribution in [0.25, 0.3) is 0 Å². The smallest absolute Gasteiger partial charge is 1.00 e. The maximum Gasteiger partial charge on any atom is 2.00 e. The van der Waals surface area contributed by atoms with Crippen molar-refractivity contribution in [3.05, 3.63) is 0 Å². The number of halogens is 4. The second-order valence-corrected chi connectivity index (χ2v) is 0. The molecule has 1 radical (unpaired) electrons. The minimum atomic E-state index is 0. The van der Waals surface area contributed by atoms with Gasteiger partial charge in [-0.2, -0.15) is 0 Å². The summed E-state index contributed by atoms with van der Waals surface area (Å²) in [5.41, 5.74) is 0. The van der Waals surface area contributed by atoms with Gasteiger partial charge in [-0.15, -0.1) is 0 Å². The predicted octanol–water partition coefficient (Wildman–Crippen LogP) is -9.53. The monoisotopic (exact) mass is 197 g/mol. The van der Waals surface area contributed by atoms with E-state index >= 15 is 0 Å². The van der Waals surface area contributed by atoms with Crippen LogP contribution in [0.15, 0.2) is 0 Å². The zero-order valence-electron chi connectivity index (χ0n) is 1.96. The van der Waals surface area contributed by atoms with Crippen molar-refractivity contribution >= 4 is 0 Å². The summed E-state index contributed by atoms with van der Waals surface area (Å²) in [4.78, 5) is 0. The van der Waals surface area contributed by atoms with Crippen LogP contribution in [0.1, 0.15) is 0 Å². The van der Waals surface area contributed by atoms with Gasteiger partial charge in [-0.1, -0.05) is 0 Å². The molecule has 0 heterocycles. The molecule has 0 bridgehead atoms. The topological polar surface area (TPSA) is 0 Å². The van der Waals surface area contributed by atoms with Crippen molar-refractivity contribution in [2.75, 3.05) is 0 Å². The van der Waals surface area contributed by atoms with Crippen LogP contribution in [0.5, 0.6) is 0 Å². The molecule has 0 aliphatic heterocycles. The molecule has 0 unspecified atom stereocenters. The average molecular weight is 199 g/mol. The first-order valence-corrected chi connectivity index (χ1v) is 0. The van der Waals surface area contributed by atoms with Crippen molar-refractivity contribution in [3.63, 3.8) is 0 Å². The standard InChI is InChI=1S/ClH2.3ClH.Mn/h1H2;3*1H;/q+1;;;;+2/p-3. The Hall–Kier alpha value is 1.68. The Morgan fingerprint density at radius 1 is 0.600 bits per heavy atom. The molecule has 0 aromatic rings. The predicted molar refractivity (Wildman–Crippen MR) is 2.79 cm³/mol. The van der Waals surface area contributed by atoms with E-state index in [0.717, 1.165) is 0 Å². The second-order valence-electron chi connectivity index (χ2n) is 0. The molecular weight excluding hydrogens is 197 g/mol. The summed E-state index contributed by atoms with van der Waals surface area (Å²) in [7, 11) is 0. The largest absolute Gasteiger partial charge is 2.00 e. The van der Waals surface area contributed by atoms with Crippen LogP contribution in [0.3, 0.4) is 0 Å². The third-order valence-electron chi connectivity index (χ3n) is 0. The van der Waals surface area contributed by atoms with Crippen LogP contribution in [0.2, 0.25) is 0 Å². The van der Waals surface area contributed by atoms with E-state index in [9.17, 15) is 0 Å². The van der Waals surface area contributed by atoms with Crippen LogP contribution < -0.4 is 37.2 Å². The van der Waals surface area contributed by atoms with E-state index in [1.54, 1.807) is 0 Å².